The summed E-state index contributed by atoms with van der Waals surface area (Å²) in [4.78, 5) is 11.8. The number of aromatic nitrogens is 2. The summed E-state index contributed by atoms with van der Waals surface area (Å²) in [5.74, 6) is 0. The molecule has 1 saturated carbocycles. The van der Waals surface area contributed by atoms with Crippen molar-refractivity contribution in [1.82, 2.24) is 15.1 Å². The van der Waals surface area contributed by atoms with Gasteiger partial charge in [0.2, 0.25) is 5.43 Å². The van der Waals surface area contributed by atoms with Crippen LogP contribution in [0.2, 0.25) is 0 Å². The van der Waals surface area contributed by atoms with Crippen molar-refractivity contribution in [3.63, 3.8) is 0 Å². The second-order valence-electron chi connectivity index (χ2n) is 5.89. The van der Waals surface area contributed by atoms with Gasteiger partial charge in [-0.15, -0.1) is 0 Å². The van der Waals surface area contributed by atoms with E-state index < -0.39 is 0 Å². The van der Waals surface area contributed by atoms with Crippen molar-refractivity contribution in [2.75, 3.05) is 6.54 Å². The van der Waals surface area contributed by atoms with Gasteiger partial charge in [0.15, 0.2) is 0 Å². The van der Waals surface area contributed by atoms with E-state index >= 15 is 0 Å². The predicted molar refractivity (Wildman–Crippen MR) is 85.5 cm³/mol. The molecule has 0 radical (unpaired) electrons. The predicted octanol–water partition coefficient (Wildman–Crippen LogP) is 2.71. The van der Waals surface area contributed by atoms with Crippen LogP contribution in [-0.2, 0) is 6.54 Å². The van der Waals surface area contributed by atoms with Gasteiger partial charge in [0.05, 0.1) is 18.3 Å². The molecule has 1 heterocycles. The second kappa shape index (κ2) is 6.85. The number of para-hydroxylation sites is 1. The molecule has 0 spiro atoms. The highest BCUT2D eigenvalue weighted by molar-refractivity contribution is 5.77. The zero-order valence-electron chi connectivity index (χ0n) is 12.4. The number of nitrogens with one attached hydrogen (secondary N) is 1. The number of hydrogen-bond acceptors (Lipinski definition) is 3. The smallest absolute Gasteiger partial charge is 0.207 e. The Kier molecular flexibility index (Phi) is 4.65. The fourth-order valence-electron chi connectivity index (χ4n) is 3.20. The molecule has 21 heavy (non-hydrogen) atoms. The summed E-state index contributed by atoms with van der Waals surface area (Å²) in [5.41, 5.74) is 0.922. The first kappa shape index (κ1) is 14.3. The van der Waals surface area contributed by atoms with Gasteiger partial charge in [0.25, 0.3) is 0 Å². The SMILES string of the molecule is O=c1cnn(CCNC2CCCCCC2)c2ccccc12. The molecule has 2 aromatic rings. The molecule has 0 saturated heterocycles. The Morgan fingerprint density at radius 2 is 1.90 bits per heavy atom. The molecule has 1 fully saturated rings. The van der Waals surface area contributed by atoms with Crippen LogP contribution in [0.25, 0.3) is 10.9 Å². The topological polar surface area (TPSA) is 46.9 Å². The van der Waals surface area contributed by atoms with Crippen molar-refractivity contribution in [3.8, 4) is 0 Å². The fraction of sp³-hybridized carbons (Fsp3) is 0.529. The Bertz CT molecular complexity index is 642. The van der Waals surface area contributed by atoms with Gasteiger partial charge < -0.3 is 5.32 Å². The molecule has 1 aromatic heterocycles. The van der Waals surface area contributed by atoms with Gasteiger partial charge in [-0.25, -0.2) is 0 Å². The minimum absolute atomic E-state index is 0.00132. The van der Waals surface area contributed by atoms with Crippen LogP contribution in [0, 0.1) is 0 Å². The number of fused-ring (bicyclic) bond motifs is 1. The van der Waals surface area contributed by atoms with E-state index in [0.717, 1.165) is 24.0 Å². The molecule has 0 aliphatic heterocycles. The van der Waals surface area contributed by atoms with Crippen LogP contribution in [0.5, 0.6) is 0 Å². The van der Waals surface area contributed by atoms with Crippen LogP contribution in [-0.4, -0.2) is 22.4 Å². The van der Waals surface area contributed by atoms with Gasteiger partial charge in [0.1, 0.15) is 0 Å². The highest BCUT2D eigenvalue weighted by atomic mass is 16.1. The summed E-state index contributed by atoms with van der Waals surface area (Å²) in [7, 11) is 0. The highest BCUT2D eigenvalue weighted by Gasteiger charge is 2.11. The first-order valence-corrected chi connectivity index (χ1v) is 8.03. The van der Waals surface area contributed by atoms with Crippen molar-refractivity contribution >= 4 is 10.9 Å². The third-order valence-corrected chi connectivity index (χ3v) is 4.37. The third-order valence-electron chi connectivity index (χ3n) is 4.37. The van der Waals surface area contributed by atoms with Crippen LogP contribution < -0.4 is 10.7 Å². The molecular formula is C17H23N3O. The van der Waals surface area contributed by atoms with Crippen molar-refractivity contribution in [2.45, 2.75) is 51.1 Å². The minimum Gasteiger partial charge on any atom is -0.312 e. The molecule has 1 N–H and O–H groups in total. The van der Waals surface area contributed by atoms with Crippen LogP contribution in [0.1, 0.15) is 38.5 Å². The lowest BCUT2D eigenvalue weighted by atomic mass is 10.1. The summed E-state index contributed by atoms with van der Waals surface area (Å²) in [6.45, 7) is 1.71. The number of nitrogens with zero attached hydrogens (tertiary/aromatic N) is 2. The van der Waals surface area contributed by atoms with E-state index in [1.807, 2.05) is 28.9 Å². The van der Waals surface area contributed by atoms with Gasteiger partial charge in [-0.1, -0.05) is 37.8 Å². The van der Waals surface area contributed by atoms with E-state index in [4.69, 9.17) is 0 Å². The van der Waals surface area contributed by atoms with E-state index in [1.165, 1.54) is 44.7 Å². The Balaban J connectivity index is 1.65. The van der Waals surface area contributed by atoms with Gasteiger partial charge in [-0.05, 0) is 25.0 Å². The summed E-state index contributed by atoms with van der Waals surface area (Å²) in [6, 6.07) is 8.35. The first-order chi connectivity index (χ1) is 10.3. The zero-order valence-corrected chi connectivity index (χ0v) is 12.4. The van der Waals surface area contributed by atoms with Crippen molar-refractivity contribution < 1.29 is 0 Å². The Morgan fingerprint density at radius 1 is 1.14 bits per heavy atom. The summed E-state index contributed by atoms with van der Waals surface area (Å²) in [6.07, 6.45) is 9.45. The molecule has 0 bridgehead atoms. The lowest BCUT2D eigenvalue weighted by Gasteiger charge is -2.17. The normalized spacial score (nSPS) is 17.0. The van der Waals surface area contributed by atoms with Crippen LogP contribution >= 0.6 is 0 Å². The summed E-state index contributed by atoms with van der Waals surface area (Å²) >= 11 is 0. The standard InChI is InChI=1S/C17H23N3O/c21-17-13-19-20(16-10-6-5-9-15(16)17)12-11-18-14-7-3-1-2-4-8-14/h5-6,9-10,13-14,18H,1-4,7-8,11-12H2. The van der Waals surface area contributed by atoms with Gasteiger partial charge in [-0.3, -0.25) is 9.48 Å². The molecule has 4 heteroatoms. The van der Waals surface area contributed by atoms with Crippen LogP contribution in [0.3, 0.4) is 0 Å². The average molecular weight is 285 g/mol. The minimum atomic E-state index is -0.00132. The average Bonchev–Trinajstić information content (AvgIpc) is 2.79. The molecule has 1 aliphatic carbocycles. The monoisotopic (exact) mass is 285 g/mol. The third kappa shape index (κ3) is 3.50. The molecule has 0 atom stereocenters. The second-order valence-corrected chi connectivity index (χ2v) is 5.89. The number of rotatable bonds is 4. The molecule has 0 amide bonds. The maximum absolute atomic E-state index is 11.8. The van der Waals surface area contributed by atoms with E-state index in [9.17, 15) is 4.79 Å². The number of hydrogen-bond donors (Lipinski definition) is 1. The van der Waals surface area contributed by atoms with E-state index in [0.29, 0.717) is 6.04 Å². The van der Waals surface area contributed by atoms with Gasteiger partial charge in [0, 0.05) is 18.0 Å². The van der Waals surface area contributed by atoms with E-state index in [2.05, 4.69) is 10.4 Å². The summed E-state index contributed by atoms with van der Waals surface area (Å²) in [5, 5.41) is 8.67. The Labute approximate surface area is 125 Å². The highest BCUT2D eigenvalue weighted by Crippen LogP contribution is 2.17. The van der Waals surface area contributed by atoms with E-state index in [1.54, 1.807) is 0 Å². The molecule has 112 valence electrons. The molecule has 1 aliphatic rings. The zero-order chi connectivity index (χ0) is 14.5. The largest absolute Gasteiger partial charge is 0.312 e. The van der Waals surface area contributed by atoms with E-state index in [-0.39, 0.29) is 5.43 Å². The lowest BCUT2D eigenvalue weighted by molar-refractivity contribution is 0.438. The summed E-state index contributed by atoms with van der Waals surface area (Å²) < 4.78 is 1.93. The lowest BCUT2D eigenvalue weighted by Crippen LogP contribution is -2.32. The molecule has 3 rings (SSSR count). The van der Waals surface area contributed by atoms with Crippen LogP contribution in [0.15, 0.2) is 35.3 Å². The maximum Gasteiger partial charge on any atom is 0.207 e. The Hall–Kier alpha value is -1.68. The van der Waals surface area contributed by atoms with Crippen molar-refractivity contribution in [3.05, 3.63) is 40.7 Å². The maximum atomic E-state index is 11.8. The fourth-order valence-corrected chi connectivity index (χ4v) is 3.20. The quantitative estimate of drug-likeness (QED) is 0.879. The molecule has 1 aromatic carbocycles. The first-order valence-electron chi connectivity index (χ1n) is 8.03. The molecule has 0 unspecified atom stereocenters. The van der Waals surface area contributed by atoms with Crippen molar-refractivity contribution in [1.29, 1.82) is 0 Å². The van der Waals surface area contributed by atoms with Crippen LogP contribution in [0.4, 0.5) is 0 Å². The Morgan fingerprint density at radius 3 is 2.71 bits per heavy atom. The van der Waals surface area contributed by atoms with Gasteiger partial charge in [-0.2, -0.15) is 5.10 Å². The molecule has 4 nitrogen and oxygen atoms in total. The van der Waals surface area contributed by atoms with Gasteiger partial charge >= 0.3 is 0 Å². The number of benzene rings is 1. The van der Waals surface area contributed by atoms with Crippen molar-refractivity contribution in [2.24, 2.45) is 0 Å². The molecular weight excluding hydrogens is 262 g/mol.